The van der Waals surface area contributed by atoms with E-state index in [1.165, 1.54) is 0 Å². The summed E-state index contributed by atoms with van der Waals surface area (Å²) in [5, 5.41) is 0. The highest BCUT2D eigenvalue weighted by Gasteiger charge is 2.16. The van der Waals surface area contributed by atoms with Crippen LogP contribution in [-0.4, -0.2) is 15.5 Å². The van der Waals surface area contributed by atoms with Crippen LogP contribution in [0.4, 0.5) is 0 Å². The van der Waals surface area contributed by atoms with E-state index in [0.29, 0.717) is 11.5 Å². The lowest BCUT2D eigenvalue weighted by molar-refractivity contribution is 0.0999. The third-order valence-electron chi connectivity index (χ3n) is 3.69. The van der Waals surface area contributed by atoms with Crippen LogP contribution in [0.2, 0.25) is 0 Å². The molecule has 2 N–H and O–H groups in total. The monoisotopic (exact) mass is 411 g/mol. The normalized spacial score (nSPS) is 11.1. The third kappa shape index (κ3) is 3.51. The van der Waals surface area contributed by atoms with Gasteiger partial charge in [-0.1, -0.05) is 27.2 Å². The summed E-state index contributed by atoms with van der Waals surface area (Å²) in [5.41, 5.74) is 8.24. The van der Waals surface area contributed by atoms with Gasteiger partial charge in [0.05, 0.1) is 0 Å². The van der Waals surface area contributed by atoms with E-state index < -0.39 is 0 Å². The van der Waals surface area contributed by atoms with Crippen LogP contribution < -0.4 is 5.73 Å². The highest BCUT2D eigenvalue weighted by atomic mass is 127. The van der Waals surface area contributed by atoms with Gasteiger partial charge in [0, 0.05) is 33.1 Å². The van der Waals surface area contributed by atoms with Gasteiger partial charge in [-0.25, -0.2) is 4.98 Å². The number of primary amides is 1. The number of imidazole rings is 1. The molecule has 0 aliphatic carbocycles. The molecular weight excluding hydrogens is 389 g/mol. The number of nitrogens with zero attached hydrogens (tertiary/aromatic N) is 2. The topological polar surface area (TPSA) is 60.9 Å². The molecule has 1 aromatic heterocycles. The number of aromatic nitrogens is 2. The Morgan fingerprint density at radius 2 is 2.14 bits per heavy atom. The molecule has 0 atom stereocenters. The first-order valence-corrected chi connectivity index (χ1v) is 8.69. The van der Waals surface area contributed by atoms with Gasteiger partial charge in [0.15, 0.2) is 0 Å². The molecule has 5 heteroatoms. The van der Waals surface area contributed by atoms with E-state index in [0.717, 1.165) is 39.9 Å². The summed E-state index contributed by atoms with van der Waals surface area (Å²) in [7, 11) is 0. The fraction of sp³-hybridized carbons (Fsp3) is 0.412. The van der Waals surface area contributed by atoms with E-state index in [1.807, 2.05) is 16.8 Å². The molecule has 118 valence electrons. The Bertz CT molecular complexity index is 677. The smallest absolute Gasteiger partial charge is 0.249 e. The molecule has 0 aliphatic heterocycles. The van der Waals surface area contributed by atoms with Gasteiger partial charge in [0.25, 0.3) is 0 Å². The first kappa shape index (κ1) is 17.0. The average Bonchev–Trinajstić information content (AvgIpc) is 2.94. The van der Waals surface area contributed by atoms with Crippen molar-refractivity contribution in [1.82, 2.24) is 9.55 Å². The maximum Gasteiger partial charge on any atom is 0.249 e. The SMILES string of the molecule is CCCCc1c(I)cc(-n2ccnc2C(C)C)cc1C(N)=O. The molecule has 0 spiro atoms. The number of carbonyl (C=O) groups excluding carboxylic acids is 1. The molecule has 0 bridgehead atoms. The maximum atomic E-state index is 11.9. The van der Waals surface area contributed by atoms with E-state index in [-0.39, 0.29) is 5.91 Å². The first-order valence-electron chi connectivity index (χ1n) is 7.61. The van der Waals surface area contributed by atoms with Crippen molar-refractivity contribution in [3.8, 4) is 5.69 Å². The Morgan fingerprint density at radius 3 is 2.73 bits per heavy atom. The van der Waals surface area contributed by atoms with Gasteiger partial charge in [0.1, 0.15) is 5.82 Å². The summed E-state index contributed by atoms with van der Waals surface area (Å²) in [6, 6.07) is 3.99. The van der Waals surface area contributed by atoms with Crippen LogP contribution in [0.3, 0.4) is 0 Å². The zero-order valence-electron chi connectivity index (χ0n) is 13.3. The summed E-state index contributed by atoms with van der Waals surface area (Å²) in [6.45, 7) is 6.36. The van der Waals surface area contributed by atoms with Crippen molar-refractivity contribution in [2.24, 2.45) is 5.73 Å². The largest absolute Gasteiger partial charge is 0.366 e. The molecule has 2 aromatic rings. The molecule has 0 fully saturated rings. The van der Waals surface area contributed by atoms with Gasteiger partial charge in [-0.2, -0.15) is 0 Å². The Hall–Kier alpha value is -1.37. The number of hydrogen-bond acceptors (Lipinski definition) is 2. The summed E-state index contributed by atoms with van der Waals surface area (Å²) in [5.74, 6) is 0.925. The Labute approximate surface area is 145 Å². The Morgan fingerprint density at radius 1 is 1.41 bits per heavy atom. The Kier molecular flexibility index (Phi) is 5.61. The van der Waals surface area contributed by atoms with Crippen LogP contribution in [0, 0.1) is 3.57 Å². The number of hydrogen-bond donors (Lipinski definition) is 1. The molecule has 1 heterocycles. The lowest BCUT2D eigenvalue weighted by Crippen LogP contribution is -2.16. The quantitative estimate of drug-likeness (QED) is 0.730. The number of carbonyl (C=O) groups is 1. The van der Waals surface area contributed by atoms with Crippen LogP contribution in [-0.2, 0) is 6.42 Å². The van der Waals surface area contributed by atoms with Gasteiger partial charge in [0.2, 0.25) is 5.91 Å². The fourth-order valence-electron chi connectivity index (χ4n) is 2.55. The van der Waals surface area contributed by atoms with Crippen molar-refractivity contribution in [3.05, 3.63) is 45.0 Å². The zero-order valence-corrected chi connectivity index (χ0v) is 15.4. The number of amides is 1. The maximum absolute atomic E-state index is 11.9. The van der Waals surface area contributed by atoms with Crippen LogP contribution in [0.25, 0.3) is 5.69 Å². The zero-order chi connectivity index (χ0) is 16.3. The van der Waals surface area contributed by atoms with E-state index in [9.17, 15) is 4.79 Å². The Balaban J connectivity index is 2.55. The van der Waals surface area contributed by atoms with Crippen LogP contribution in [0.1, 0.15) is 61.3 Å². The number of halogens is 1. The highest BCUT2D eigenvalue weighted by Crippen LogP contribution is 2.26. The molecule has 0 radical (unpaired) electrons. The summed E-state index contributed by atoms with van der Waals surface area (Å²) < 4.78 is 3.11. The predicted molar refractivity (Wildman–Crippen MR) is 97.5 cm³/mol. The van der Waals surface area contributed by atoms with E-state index >= 15 is 0 Å². The van der Waals surface area contributed by atoms with Gasteiger partial charge >= 0.3 is 0 Å². The molecule has 0 unspecified atom stereocenters. The van der Waals surface area contributed by atoms with Crippen molar-refractivity contribution in [1.29, 1.82) is 0 Å². The molecule has 2 rings (SSSR count). The van der Waals surface area contributed by atoms with Crippen molar-refractivity contribution >= 4 is 28.5 Å². The highest BCUT2D eigenvalue weighted by molar-refractivity contribution is 14.1. The van der Waals surface area contributed by atoms with E-state index in [1.54, 1.807) is 6.20 Å². The van der Waals surface area contributed by atoms with Gasteiger partial charge in [-0.3, -0.25) is 4.79 Å². The fourth-order valence-corrected chi connectivity index (χ4v) is 3.43. The number of rotatable bonds is 6. The molecule has 22 heavy (non-hydrogen) atoms. The van der Waals surface area contributed by atoms with Gasteiger partial charge in [-0.15, -0.1) is 0 Å². The van der Waals surface area contributed by atoms with Crippen LogP contribution in [0.5, 0.6) is 0 Å². The van der Waals surface area contributed by atoms with Crippen LogP contribution in [0.15, 0.2) is 24.5 Å². The van der Waals surface area contributed by atoms with Crippen molar-refractivity contribution in [2.75, 3.05) is 0 Å². The van der Waals surface area contributed by atoms with E-state index in [4.69, 9.17) is 5.73 Å². The van der Waals surface area contributed by atoms with Crippen LogP contribution >= 0.6 is 22.6 Å². The molecule has 4 nitrogen and oxygen atoms in total. The minimum atomic E-state index is -0.364. The van der Waals surface area contributed by atoms with Crippen molar-refractivity contribution in [2.45, 2.75) is 46.0 Å². The van der Waals surface area contributed by atoms with E-state index in [2.05, 4.69) is 54.4 Å². The minimum absolute atomic E-state index is 0.310. The third-order valence-corrected chi connectivity index (χ3v) is 4.65. The average molecular weight is 411 g/mol. The summed E-state index contributed by atoms with van der Waals surface area (Å²) in [6.07, 6.45) is 6.75. The number of unbranched alkanes of at least 4 members (excludes halogenated alkanes) is 1. The second-order valence-corrected chi connectivity index (χ2v) is 6.89. The first-order chi connectivity index (χ1) is 10.5. The molecule has 0 saturated carbocycles. The predicted octanol–water partition coefficient (Wildman–Crippen LogP) is 4.04. The number of nitrogens with two attached hydrogens (primary N) is 1. The van der Waals surface area contributed by atoms with Crippen molar-refractivity contribution in [3.63, 3.8) is 0 Å². The number of benzene rings is 1. The second kappa shape index (κ2) is 7.26. The lowest BCUT2D eigenvalue weighted by atomic mass is 10.0. The summed E-state index contributed by atoms with van der Waals surface area (Å²) in [4.78, 5) is 16.3. The molecule has 0 aliphatic rings. The lowest BCUT2D eigenvalue weighted by Gasteiger charge is -2.15. The van der Waals surface area contributed by atoms with Gasteiger partial charge in [-0.05, 0) is 53.1 Å². The summed E-state index contributed by atoms with van der Waals surface area (Å²) >= 11 is 2.30. The molecular formula is C17H22IN3O. The molecule has 0 saturated heterocycles. The minimum Gasteiger partial charge on any atom is -0.366 e. The van der Waals surface area contributed by atoms with Gasteiger partial charge < -0.3 is 10.3 Å². The molecule has 1 aromatic carbocycles. The second-order valence-electron chi connectivity index (χ2n) is 5.73. The standard InChI is InChI=1S/C17H22IN3O/c1-4-5-6-13-14(16(19)22)9-12(10-15(13)18)21-8-7-20-17(21)11(2)3/h7-11H,4-6H2,1-3H3,(H2,19,22). The van der Waals surface area contributed by atoms with Crippen molar-refractivity contribution < 1.29 is 4.79 Å². The molecule has 1 amide bonds.